The summed E-state index contributed by atoms with van der Waals surface area (Å²) < 4.78 is 35.6. The molecule has 7 nitrogen and oxygen atoms in total. The molecule has 1 aromatic carbocycles. The summed E-state index contributed by atoms with van der Waals surface area (Å²) in [6.45, 7) is -0.197. The lowest BCUT2D eigenvalue weighted by Crippen LogP contribution is -2.43. The average Bonchev–Trinajstić information content (AvgIpc) is 2.88. The van der Waals surface area contributed by atoms with E-state index in [2.05, 4.69) is 10.6 Å². The van der Waals surface area contributed by atoms with Crippen LogP contribution in [0.3, 0.4) is 0 Å². The maximum absolute atomic E-state index is 12.8. The molecule has 0 unspecified atom stereocenters. The Morgan fingerprint density at radius 3 is 2.50 bits per heavy atom. The van der Waals surface area contributed by atoms with Gasteiger partial charge in [0.25, 0.3) is 0 Å². The number of amides is 2. The Morgan fingerprint density at radius 2 is 1.92 bits per heavy atom. The first-order valence-corrected chi connectivity index (χ1v) is 9.30. The predicted octanol–water partition coefficient (Wildman–Crippen LogP) is -0.000700. The van der Waals surface area contributed by atoms with Crippen LogP contribution in [0.1, 0.15) is 6.42 Å². The van der Waals surface area contributed by atoms with E-state index in [0.717, 1.165) is 0 Å². The first-order valence-electron chi connectivity index (χ1n) is 7.48. The first-order chi connectivity index (χ1) is 11.2. The van der Waals surface area contributed by atoms with E-state index in [0.29, 0.717) is 12.1 Å². The van der Waals surface area contributed by atoms with Crippen LogP contribution >= 0.6 is 0 Å². The van der Waals surface area contributed by atoms with Crippen molar-refractivity contribution < 1.29 is 22.4 Å². The number of rotatable bonds is 6. The van der Waals surface area contributed by atoms with E-state index in [-0.39, 0.29) is 36.5 Å². The maximum atomic E-state index is 12.8. The normalized spacial score (nSPS) is 19.2. The van der Waals surface area contributed by atoms with Gasteiger partial charge in [0.2, 0.25) is 11.8 Å². The molecule has 0 spiro atoms. The van der Waals surface area contributed by atoms with Crippen LogP contribution in [0.2, 0.25) is 0 Å². The van der Waals surface area contributed by atoms with Gasteiger partial charge in [0.1, 0.15) is 5.82 Å². The van der Waals surface area contributed by atoms with Crippen molar-refractivity contribution in [2.24, 2.45) is 0 Å². The fourth-order valence-electron chi connectivity index (χ4n) is 2.45. The highest BCUT2D eigenvalue weighted by molar-refractivity contribution is 7.91. The first kappa shape index (κ1) is 18.3. The zero-order valence-corrected chi connectivity index (χ0v) is 14.1. The molecule has 24 heavy (non-hydrogen) atoms. The second kappa shape index (κ2) is 7.71. The fraction of sp³-hybridized carbons (Fsp3) is 0.467. The minimum Gasteiger partial charge on any atom is -0.346 e. The fourth-order valence-corrected chi connectivity index (χ4v) is 4.26. The number of halogens is 1. The Balaban J connectivity index is 1.72. The lowest BCUT2D eigenvalue weighted by Gasteiger charge is -2.22. The minimum absolute atomic E-state index is 0.0179. The van der Waals surface area contributed by atoms with Gasteiger partial charge in [0, 0.05) is 11.7 Å². The number of anilines is 1. The summed E-state index contributed by atoms with van der Waals surface area (Å²) in [6.07, 6.45) is 0.511. The van der Waals surface area contributed by atoms with Crippen LogP contribution in [-0.2, 0) is 19.4 Å². The maximum Gasteiger partial charge on any atom is 0.243 e. The third-order valence-corrected chi connectivity index (χ3v) is 5.55. The molecule has 2 N–H and O–H groups in total. The monoisotopic (exact) mass is 357 g/mol. The van der Waals surface area contributed by atoms with Crippen molar-refractivity contribution in [2.75, 3.05) is 37.0 Å². The van der Waals surface area contributed by atoms with E-state index in [9.17, 15) is 22.4 Å². The van der Waals surface area contributed by atoms with Crippen molar-refractivity contribution in [1.82, 2.24) is 10.2 Å². The number of carbonyl (C=O) groups is 2. The third-order valence-electron chi connectivity index (χ3n) is 3.80. The van der Waals surface area contributed by atoms with Gasteiger partial charge >= 0.3 is 0 Å². The van der Waals surface area contributed by atoms with Crippen LogP contribution in [0.15, 0.2) is 24.3 Å². The van der Waals surface area contributed by atoms with Gasteiger partial charge in [-0.3, -0.25) is 14.5 Å². The molecule has 132 valence electrons. The van der Waals surface area contributed by atoms with Gasteiger partial charge < -0.3 is 10.6 Å². The lowest BCUT2D eigenvalue weighted by molar-refractivity contribution is -0.125. The van der Waals surface area contributed by atoms with E-state index in [4.69, 9.17) is 0 Å². The Bertz CT molecular complexity index is 706. The molecular formula is C15H20FN3O4S. The molecule has 9 heteroatoms. The van der Waals surface area contributed by atoms with Gasteiger partial charge in [-0.05, 0) is 37.7 Å². The molecule has 2 amide bonds. The number of nitrogens with zero attached hydrogens (tertiary/aromatic N) is 1. The van der Waals surface area contributed by atoms with Crippen LogP contribution in [0, 0.1) is 5.82 Å². The zero-order valence-electron chi connectivity index (χ0n) is 13.3. The Morgan fingerprint density at radius 1 is 1.25 bits per heavy atom. The highest BCUT2D eigenvalue weighted by Crippen LogP contribution is 2.16. The Labute approximate surface area is 140 Å². The predicted molar refractivity (Wildman–Crippen MR) is 87.7 cm³/mol. The van der Waals surface area contributed by atoms with Crippen molar-refractivity contribution in [3.8, 4) is 0 Å². The van der Waals surface area contributed by atoms with Gasteiger partial charge in [-0.15, -0.1) is 0 Å². The molecule has 1 aliphatic heterocycles. The Kier molecular flexibility index (Phi) is 5.89. The summed E-state index contributed by atoms with van der Waals surface area (Å²) >= 11 is 0. The molecular weight excluding hydrogens is 337 g/mol. The van der Waals surface area contributed by atoms with Crippen molar-refractivity contribution in [3.05, 3.63) is 30.1 Å². The quantitative estimate of drug-likeness (QED) is 0.747. The van der Waals surface area contributed by atoms with Gasteiger partial charge in [0.05, 0.1) is 24.6 Å². The number of benzene rings is 1. The number of nitrogens with one attached hydrogen (secondary N) is 2. The minimum atomic E-state index is -3.00. The number of hydrogen-bond acceptors (Lipinski definition) is 5. The van der Waals surface area contributed by atoms with E-state index in [1.165, 1.54) is 24.3 Å². The van der Waals surface area contributed by atoms with E-state index >= 15 is 0 Å². The van der Waals surface area contributed by atoms with Gasteiger partial charge in [-0.2, -0.15) is 0 Å². The van der Waals surface area contributed by atoms with Crippen molar-refractivity contribution in [1.29, 1.82) is 0 Å². The molecule has 0 aromatic heterocycles. The lowest BCUT2D eigenvalue weighted by atomic mass is 10.2. The summed E-state index contributed by atoms with van der Waals surface area (Å²) in [6, 6.07) is 5.11. The van der Waals surface area contributed by atoms with E-state index in [1.54, 1.807) is 11.9 Å². The number of sulfone groups is 1. The summed E-state index contributed by atoms with van der Waals surface area (Å²) in [7, 11) is -1.32. The average molecular weight is 357 g/mol. The standard InChI is InChI=1S/C15H20FN3O4S/c1-19(13-6-7-24(22,23)10-13)9-15(21)17-8-14(20)18-12-4-2-11(16)3-5-12/h2-5,13H,6-10H2,1H3,(H,17,21)(H,18,20)/t13-/m0/s1. The van der Waals surface area contributed by atoms with Crippen molar-refractivity contribution in [2.45, 2.75) is 12.5 Å². The van der Waals surface area contributed by atoms with Crippen LogP contribution in [0.5, 0.6) is 0 Å². The topological polar surface area (TPSA) is 95.6 Å². The molecule has 1 aliphatic rings. The molecule has 2 rings (SSSR count). The highest BCUT2D eigenvalue weighted by Gasteiger charge is 2.31. The van der Waals surface area contributed by atoms with Gasteiger partial charge in [0.15, 0.2) is 9.84 Å². The molecule has 1 heterocycles. The third kappa shape index (κ3) is 5.57. The summed E-state index contributed by atoms with van der Waals surface area (Å²) in [4.78, 5) is 25.2. The van der Waals surface area contributed by atoms with Crippen LogP contribution in [0.4, 0.5) is 10.1 Å². The van der Waals surface area contributed by atoms with E-state index < -0.39 is 21.6 Å². The molecule has 0 bridgehead atoms. The molecule has 0 aliphatic carbocycles. The molecule has 0 saturated carbocycles. The number of likely N-dealkylation sites (N-methyl/N-ethyl adjacent to an activating group) is 1. The smallest absolute Gasteiger partial charge is 0.243 e. The number of carbonyl (C=O) groups excluding carboxylic acids is 2. The Hall–Kier alpha value is -2.00. The molecule has 1 fully saturated rings. The SMILES string of the molecule is CN(CC(=O)NCC(=O)Nc1ccc(F)cc1)[C@H]1CCS(=O)(=O)C1. The second-order valence-electron chi connectivity index (χ2n) is 5.80. The molecule has 1 aromatic rings. The second-order valence-corrected chi connectivity index (χ2v) is 8.03. The van der Waals surface area contributed by atoms with Crippen LogP contribution < -0.4 is 10.6 Å². The zero-order chi connectivity index (χ0) is 17.7. The van der Waals surface area contributed by atoms with Gasteiger partial charge in [-0.1, -0.05) is 0 Å². The number of hydrogen-bond donors (Lipinski definition) is 2. The van der Waals surface area contributed by atoms with E-state index in [1.807, 2.05) is 0 Å². The summed E-state index contributed by atoms with van der Waals surface area (Å²) in [5.41, 5.74) is 0.434. The van der Waals surface area contributed by atoms with Crippen LogP contribution in [0.25, 0.3) is 0 Å². The van der Waals surface area contributed by atoms with Crippen LogP contribution in [-0.4, -0.2) is 62.8 Å². The molecule has 1 atom stereocenters. The highest BCUT2D eigenvalue weighted by atomic mass is 32.2. The summed E-state index contributed by atoms with van der Waals surface area (Å²) in [5.74, 6) is -0.999. The molecule has 1 saturated heterocycles. The summed E-state index contributed by atoms with van der Waals surface area (Å²) in [5, 5.41) is 5.00. The largest absolute Gasteiger partial charge is 0.346 e. The molecule has 0 radical (unpaired) electrons. The van der Waals surface area contributed by atoms with Crippen molar-refractivity contribution in [3.63, 3.8) is 0 Å². The van der Waals surface area contributed by atoms with Gasteiger partial charge in [-0.25, -0.2) is 12.8 Å². The van der Waals surface area contributed by atoms with Crippen molar-refractivity contribution >= 4 is 27.3 Å².